The van der Waals surface area contributed by atoms with Crippen molar-refractivity contribution in [2.45, 2.75) is 38.1 Å². The predicted molar refractivity (Wildman–Crippen MR) is 80.3 cm³/mol. The molecule has 1 rings (SSSR count). The second-order valence-electron chi connectivity index (χ2n) is 4.29. The zero-order valence-electron chi connectivity index (χ0n) is 11.6. The van der Waals surface area contributed by atoms with Gasteiger partial charge in [-0.15, -0.1) is 11.8 Å². The fraction of sp³-hybridized carbons (Fsp3) is 0.600. The van der Waals surface area contributed by atoms with Crippen molar-refractivity contribution in [2.75, 3.05) is 25.5 Å². The molecule has 0 atom stereocenters. The Labute approximate surface area is 116 Å². The summed E-state index contributed by atoms with van der Waals surface area (Å²) < 4.78 is 5.48. The van der Waals surface area contributed by atoms with Gasteiger partial charge in [-0.05, 0) is 37.1 Å². The van der Waals surface area contributed by atoms with Gasteiger partial charge in [-0.2, -0.15) is 0 Å². The molecule has 0 heterocycles. The SMILES string of the molecule is CCCNCc1cccc(SCCOCCC)c1. The molecule has 0 amide bonds. The van der Waals surface area contributed by atoms with Gasteiger partial charge in [-0.3, -0.25) is 0 Å². The average molecular weight is 267 g/mol. The van der Waals surface area contributed by atoms with Crippen LogP contribution in [0.5, 0.6) is 0 Å². The van der Waals surface area contributed by atoms with Crippen LogP contribution < -0.4 is 5.32 Å². The van der Waals surface area contributed by atoms with Gasteiger partial charge in [-0.25, -0.2) is 0 Å². The summed E-state index contributed by atoms with van der Waals surface area (Å²) in [5.41, 5.74) is 1.36. The number of ether oxygens (including phenoxy) is 1. The lowest BCUT2D eigenvalue weighted by Gasteiger charge is -2.06. The van der Waals surface area contributed by atoms with E-state index in [9.17, 15) is 0 Å². The van der Waals surface area contributed by atoms with Gasteiger partial charge in [-0.1, -0.05) is 26.0 Å². The molecular formula is C15H25NOS. The van der Waals surface area contributed by atoms with Crippen LogP contribution in [0, 0.1) is 0 Å². The predicted octanol–water partition coefficient (Wildman–Crippen LogP) is 3.70. The van der Waals surface area contributed by atoms with Crippen LogP contribution in [0.4, 0.5) is 0 Å². The first kappa shape index (κ1) is 15.5. The zero-order valence-corrected chi connectivity index (χ0v) is 12.4. The molecule has 0 saturated heterocycles. The summed E-state index contributed by atoms with van der Waals surface area (Å²) in [6, 6.07) is 8.76. The Morgan fingerprint density at radius 2 is 2.06 bits per heavy atom. The zero-order chi connectivity index (χ0) is 13.1. The number of nitrogens with one attached hydrogen (secondary N) is 1. The van der Waals surface area contributed by atoms with E-state index in [1.165, 1.54) is 16.9 Å². The topological polar surface area (TPSA) is 21.3 Å². The second-order valence-corrected chi connectivity index (χ2v) is 5.45. The Hall–Kier alpha value is -0.510. The molecule has 0 unspecified atom stereocenters. The summed E-state index contributed by atoms with van der Waals surface area (Å²) in [6.45, 7) is 8.10. The van der Waals surface area contributed by atoms with Crippen LogP contribution in [-0.4, -0.2) is 25.5 Å². The molecular weight excluding hydrogens is 242 g/mol. The van der Waals surface area contributed by atoms with E-state index in [-0.39, 0.29) is 0 Å². The number of hydrogen-bond donors (Lipinski definition) is 1. The van der Waals surface area contributed by atoms with E-state index in [1.807, 2.05) is 11.8 Å². The van der Waals surface area contributed by atoms with Crippen molar-refractivity contribution >= 4 is 11.8 Å². The maximum Gasteiger partial charge on any atom is 0.0560 e. The summed E-state index contributed by atoms with van der Waals surface area (Å²) in [6.07, 6.45) is 2.28. The molecule has 0 fully saturated rings. The first-order chi connectivity index (χ1) is 8.86. The van der Waals surface area contributed by atoms with E-state index in [1.54, 1.807) is 0 Å². The van der Waals surface area contributed by atoms with Crippen molar-refractivity contribution < 1.29 is 4.74 Å². The van der Waals surface area contributed by atoms with Gasteiger partial charge in [0.05, 0.1) is 6.61 Å². The first-order valence-electron chi connectivity index (χ1n) is 6.87. The molecule has 0 aliphatic heterocycles. The van der Waals surface area contributed by atoms with Crippen molar-refractivity contribution in [2.24, 2.45) is 0 Å². The minimum atomic E-state index is 0.844. The minimum Gasteiger partial charge on any atom is -0.381 e. The second kappa shape index (κ2) is 10.4. The van der Waals surface area contributed by atoms with Crippen molar-refractivity contribution in [1.82, 2.24) is 5.32 Å². The molecule has 18 heavy (non-hydrogen) atoms. The Bertz CT molecular complexity index is 317. The third kappa shape index (κ3) is 7.04. The van der Waals surface area contributed by atoms with Gasteiger partial charge in [0, 0.05) is 23.8 Å². The van der Waals surface area contributed by atoms with E-state index in [2.05, 4.69) is 43.4 Å². The monoisotopic (exact) mass is 267 g/mol. The van der Waals surface area contributed by atoms with Gasteiger partial charge in [0.2, 0.25) is 0 Å². The van der Waals surface area contributed by atoms with E-state index < -0.39 is 0 Å². The van der Waals surface area contributed by atoms with Gasteiger partial charge in [0.1, 0.15) is 0 Å². The van der Waals surface area contributed by atoms with Crippen LogP contribution >= 0.6 is 11.8 Å². The van der Waals surface area contributed by atoms with Crippen LogP contribution in [0.2, 0.25) is 0 Å². The summed E-state index contributed by atoms with van der Waals surface area (Å²) in [4.78, 5) is 1.34. The number of hydrogen-bond acceptors (Lipinski definition) is 3. The van der Waals surface area contributed by atoms with E-state index in [0.29, 0.717) is 0 Å². The lowest BCUT2D eigenvalue weighted by atomic mass is 10.2. The van der Waals surface area contributed by atoms with Crippen LogP contribution in [0.25, 0.3) is 0 Å². The molecule has 2 nitrogen and oxygen atoms in total. The number of thioether (sulfide) groups is 1. The van der Waals surface area contributed by atoms with Crippen LogP contribution in [0.15, 0.2) is 29.2 Å². The fourth-order valence-electron chi connectivity index (χ4n) is 1.62. The Morgan fingerprint density at radius 3 is 2.83 bits per heavy atom. The number of benzene rings is 1. The van der Waals surface area contributed by atoms with E-state index in [0.717, 1.165) is 38.5 Å². The highest BCUT2D eigenvalue weighted by Gasteiger charge is 1.97. The smallest absolute Gasteiger partial charge is 0.0560 e. The highest BCUT2D eigenvalue weighted by Crippen LogP contribution is 2.18. The van der Waals surface area contributed by atoms with Crippen molar-refractivity contribution in [3.05, 3.63) is 29.8 Å². The van der Waals surface area contributed by atoms with E-state index >= 15 is 0 Å². The standard InChI is InChI=1S/C15H25NOS/c1-3-8-16-13-14-6-5-7-15(12-14)18-11-10-17-9-4-2/h5-7,12,16H,3-4,8-11,13H2,1-2H3. The highest BCUT2D eigenvalue weighted by atomic mass is 32.2. The molecule has 102 valence electrons. The summed E-state index contributed by atoms with van der Waals surface area (Å²) in [5.74, 6) is 1.03. The molecule has 0 saturated carbocycles. The fourth-order valence-corrected chi connectivity index (χ4v) is 2.47. The molecule has 1 aromatic rings. The number of rotatable bonds is 10. The molecule has 0 aliphatic carbocycles. The third-order valence-electron chi connectivity index (χ3n) is 2.50. The first-order valence-corrected chi connectivity index (χ1v) is 7.85. The Balaban J connectivity index is 2.26. The minimum absolute atomic E-state index is 0.844. The average Bonchev–Trinajstić information content (AvgIpc) is 2.39. The third-order valence-corrected chi connectivity index (χ3v) is 3.46. The van der Waals surface area contributed by atoms with Crippen molar-refractivity contribution in [3.8, 4) is 0 Å². The summed E-state index contributed by atoms with van der Waals surface area (Å²) in [7, 11) is 0. The Morgan fingerprint density at radius 1 is 1.17 bits per heavy atom. The van der Waals surface area contributed by atoms with Crippen LogP contribution in [0.1, 0.15) is 32.3 Å². The molecule has 3 heteroatoms. The van der Waals surface area contributed by atoms with Crippen molar-refractivity contribution in [3.63, 3.8) is 0 Å². The maximum atomic E-state index is 5.48. The summed E-state index contributed by atoms with van der Waals surface area (Å²) in [5, 5.41) is 3.43. The Kier molecular flexibility index (Phi) is 9.00. The maximum absolute atomic E-state index is 5.48. The normalized spacial score (nSPS) is 10.8. The van der Waals surface area contributed by atoms with E-state index in [4.69, 9.17) is 4.74 Å². The highest BCUT2D eigenvalue weighted by molar-refractivity contribution is 7.99. The van der Waals surface area contributed by atoms with Gasteiger partial charge in [0.15, 0.2) is 0 Å². The van der Waals surface area contributed by atoms with Crippen molar-refractivity contribution in [1.29, 1.82) is 0 Å². The van der Waals surface area contributed by atoms with Gasteiger partial charge < -0.3 is 10.1 Å². The van der Waals surface area contributed by atoms with Gasteiger partial charge in [0.25, 0.3) is 0 Å². The largest absolute Gasteiger partial charge is 0.381 e. The lowest BCUT2D eigenvalue weighted by Crippen LogP contribution is -2.13. The van der Waals surface area contributed by atoms with Crippen LogP contribution in [-0.2, 0) is 11.3 Å². The van der Waals surface area contributed by atoms with Crippen LogP contribution in [0.3, 0.4) is 0 Å². The summed E-state index contributed by atoms with van der Waals surface area (Å²) >= 11 is 1.87. The quantitative estimate of drug-likeness (QED) is 0.516. The molecule has 1 N–H and O–H groups in total. The molecule has 0 aliphatic rings. The molecule has 0 aromatic heterocycles. The lowest BCUT2D eigenvalue weighted by molar-refractivity contribution is 0.151. The molecule has 0 radical (unpaired) electrons. The van der Waals surface area contributed by atoms with Gasteiger partial charge >= 0.3 is 0 Å². The molecule has 0 bridgehead atoms. The molecule has 1 aromatic carbocycles. The molecule has 0 spiro atoms.